The SMILES string of the molecule is COc1ccc(CC(=O)NCc2ccccc2C[NH+]2CCCC2)cc1F. The molecule has 1 aliphatic heterocycles. The van der Waals surface area contributed by atoms with Crippen LogP contribution in [0, 0.1) is 5.82 Å². The van der Waals surface area contributed by atoms with Crippen LogP contribution in [0.2, 0.25) is 0 Å². The molecule has 138 valence electrons. The molecule has 1 saturated heterocycles. The molecule has 1 amide bonds. The third-order valence-corrected chi connectivity index (χ3v) is 4.93. The van der Waals surface area contributed by atoms with Crippen molar-refractivity contribution in [2.75, 3.05) is 20.2 Å². The van der Waals surface area contributed by atoms with Crippen molar-refractivity contribution in [1.82, 2.24) is 5.32 Å². The molecule has 0 aromatic heterocycles. The van der Waals surface area contributed by atoms with Crippen LogP contribution in [0.3, 0.4) is 0 Å². The van der Waals surface area contributed by atoms with Crippen LogP contribution in [0.15, 0.2) is 42.5 Å². The largest absolute Gasteiger partial charge is 0.494 e. The van der Waals surface area contributed by atoms with Crippen LogP contribution in [-0.2, 0) is 24.3 Å². The summed E-state index contributed by atoms with van der Waals surface area (Å²) >= 11 is 0. The number of benzene rings is 2. The van der Waals surface area contributed by atoms with Crippen LogP contribution in [0.5, 0.6) is 5.75 Å². The van der Waals surface area contributed by atoms with Gasteiger partial charge in [0.2, 0.25) is 5.91 Å². The summed E-state index contributed by atoms with van der Waals surface area (Å²) in [6.07, 6.45) is 2.75. The minimum absolute atomic E-state index is 0.113. The fourth-order valence-electron chi connectivity index (χ4n) is 3.49. The third-order valence-electron chi connectivity index (χ3n) is 4.93. The molecule has 4 nitrogen and oxygen atoms in total. The molecule has 26 heavy (non-hydrogen) atoms. The topological polar surface area (TPSA) is 42.8 Å². The van der Waals surface area contributed by atoms with Crippen molar-refractivity contribution >= 4 is 5.91 Å². The van der Waals surface area contributed by atoms with Gasteiger partial charge in [-0.25, -0.2) is 4.39 Å². The van der Waals surface area contributed by atoms with Gasteiger partial charge >= 0.3 is 0 Å². The van der Waals surface area contributed by atoms with E-state index in [-0.39, 0.29) is 18.1 Å². The molecule has 0 unspecified atom stereocenters. The van der Waals surface area contributed by atoms with Crippen LogP contribution < -0.4 is 15.0 Å². The van der Waals surface area contributed by atoms with E-state index >= 15 is 0 Å². The maximum atomic E-state index is 13.7. The number of quaternary nitrogens is 1. The Kier molecular flexibility index (Phi) is 6.23. The van der Waals surface area contributed by atoms with E-state index in [0.717, 1.165) is 12.1 Å². The molecule has 2 N–H and O–H groups in total. The molecule has 0 bridgehead atoms. The number of likely N-dealkylation sites (tertiary alicyclic amines) is 1. The second kappa shape index (κ2) is 8.81. The molecule has 1 fully saturated rings. The van der Waals surface area contributed by atoms with E-state index in [1.165, 1.54) is 44.7 Å². The molecule has 1 aliphatic rings. The first kappa shape index (κ1) is 18.4. The van der Waals surface area contributed by atoms with Crippen molar-refractivity contribution in [3.63, 3.8) is 0 Å². The summed E-state index contributed by atoms with van der Waals surface area (Å²) < 4.78 is 18.6. The van der Waals surface area contributed by atoms with Gasteiger partial charge in [-0.15, -0.1) is 0 Å². The first-order valence-electron chi connectivity index (χ1n) is 9.15. The molecule has 0 aliphatic carbocycles. The van der Waals surface area contributed by atoms with E-state index in [1.54, 1.807) is 17.0 Å². The normalized spacial score (nSPS) is 14.4. The van der Waals surface area contributed by atoms with Crippen molar-refractivity contribution in [2.45, 2.75) is 32.4 Å². The van der Waals surface area contributed by atoms with Crippen molar-refractivity contribution in [3.8, 4) is 5.75 Å². The molecule has 0 radical (unpaired) electrons. The van der Waals surface area contributed by atoms with Crippen LogP contribution in [0.25, 0.3) is 0 Å². The summed E-state index contributed by atoms with van der Waals surface area (Å²) in [6.45, 7) is 3.96. The Bertz CT molecular complexity index is 757. The Morgan fingerprint density at radius 1 is 1.15 bits per heavy atom. The molecule has 0 atom stereocenters. The Morgan fingerprint density at radius 3 is 2.58 bits per heavy atom. The summed E-state index contributed by atoms with van der Waals surface area (Å²) in [5.41, 5.74) is 3.08. The Hall–Kier alpha value is -2.40. The van der Waals surface area contributed by atoms with Gasteiger partial charge in [-0.2, -0.15) is 0 Å². The zero-order valence-electron chi connectivity index (χ0n) is 15.2. The highest BCUT2D eigenvalue weighted by molar-refractivity contribution is 5.78. The second-order valence-corrected chi connectivity index (χ2v) is 6.82. The van der Waals surface area contributed by atoms with Crippen molar-refractivity contribution in [2.24, 2.45) is 0 Å². The molecule has 1 heterocycles. The number of halogens is 1. The summed E-state index contributed by atoms with van der Waals surface area (Å²) in [6, 6.07) is 12.9. The molecule has 0 spiro atoms. The maximum absolute atomic E-state index is 13.7. The molecule has 3 rings (SSSR count). The number of ether oxygens (including phenoxy) is 1. The molecular weight excluding hydrogens is 331 g/mol. The first-order valence-corrected chi connectivity index (χ1v) is 9.15. The lowest BCUT2D eigenvalue weighted by molar-refractivity contribution is -0.901. The van der Waals surface area contributed by atoms with Crippen LogP contribution in [-0.4, -0.2) is 26.1 Å². The minimum atomic E-state index is -0.447. The summed E-state index contributed by atoms with van der Waals surface area (Å²) in [5.74, 6) is -0.373. The van der Waals surface area contributed by atoms with Gasteiger partial charge in [-0.3, -0.25) is 4.79 Å². The van der Waals surface area contributed by atoms with E-state index in [2.05, 4.69) is 23.5 Å². The average Bonchev–Trinajstić information content (AvgIpc) is 3.14. The first-order chi connectivity index (χ1) is 12.7. The lowest BCUT2D eigenvalue weighted by Gasteiger charge is -2.15. The van der Waals surface area contributed by atoms with E-state index in [9.17, 15) is 9.18 Å². The number of amides is 1. The molecular formula is C21H26FN2O2+. The number of nitrogens with one attached hydrogen (secondary N) is 2. The van der Waals surface area contributed by atoms with Gasteiger partial charge in [0.05, 0.1) is 26.6 Å². The van der Waals surface area contributed by atoms with Gasteiger partial charge in [-0.1, -0.05) is 30.3 Å². The van der Waals surface area contributed by atoms with E-state index in [0.29, 0.717) is 12.1 Å². The highest BCUT2D eigenvalue weighted by Gasteiger charge is 2.17. The van der Waals surface area contributed by atoms with Gasteiger partial charge in [0.15, 0.2) is 11.6 Å². The fourth-order valence-corrected chi connectivity index (χ4v) is 3.49. The number of carbonyl (C=O) groups is 1. The van der Waals surface area contributed by atoms with Crippen molar-refractivity contribution in [3.05, 3.63) is 65.0 Å². The number of methoxy groups -OCH3 is 1. The molecule has 2 aromatic rings. The summed E-state index contributed by atoms with van der Waals surface area (Å²) in [5, 5.41) is 2.96. The zero-order chi connectivity index (χ0) is 18.4. The van der Waals surface area contributed by atoms with Gasteiger partial charge in [0.25, 0.3) is 0 Å². The van der Waals surface area contributed by atoms with Crippen LogP contribution >= 0.6 is 0 Å². The van der Waals surface area contributed by atoms with E-state index in [4.69, 9.17) is 4.74 Å². The Morgan fingerprint density at radius 2 is 1.88 bits per heavy atom. The van der Waals surface area contributed by atoms with Crippen LogP contribution in [0.4, 0.5) is 4.39 Å². The lowest BCUT2D eigenvalue weighted by Crippen LogP contribution is -3.08. The van der Waals surface area contributed by atoms with Gasteiger partial charge < -0.3 is 15.0 Å². The number of hydrogen-bond acceptors (Lipinski definition) is 2. The van der Waals surface area contributed by atoms with Crippen molar-refractivity contribution < 1.29 is 18.8 Å². The lowest BCUT2D eigenvalue weighted by atomic mass is 10.1. The Balaban J connectivity index is 1.56. The summed E-state index contributed by atoms with van der Waals surface area (Å²) in [4.78, 5) is 13.8. The third kappa shape index (κ3) is 4.82. The number of rotatable bonds is 7. The van der Waals surface area contributed by atoms with E-state index < -0.39 is 5.82 Å². The molecule has 2 aromatic carbocycles. The smallest absolute Gasteiger partial charge is 0.224 e. The van der Waals surface area contributed by atoms with Gasteiger partial charge in [0.1, 0.15) is 6.54 Å². The fraction of sp³-hybridized carbons (Fsp3) is 0.381. The highest BCUT2D eigenvalue weighted by atomic mass is 19.1. The zero-order valence-corrected chi connectivity index (χ0v) is 15.2. The monoisotopic (exact) mass is 357 g/mol. The van der Waals surface area contributed by atoms with Gasteiger partial charge in [0, 0.05) is 24.9 Å². The molecule has 5 heteroatoms. The standard InChI is InChI=1S/C21H25FN2O2/c1-26-20-9-8-16(12-19(20)22)13-21(25)23-14-17-6-2-3-7-18(17)15-24-10-4-5-11-24/h2-3,6-9,12H,4-5,10-11,13-15H2,1H3,(H,23,25)/p+1. The quantitative estimate of drug-likeness (QED) is 0.795. The second-order valence-electron chi connectivity index (χ2n) is 6.82. The predicted octanol–water partition coefficient (Wildman–Crippen LogP) is 1.87. The number of carbonyl (C=O) groups excluding carboxylic acids is 1. The summed E-state index contributed by atoms with van der Waals surface area (Å²) in [7, 11) is 1.42. The predicted molar refractivity (Wildman–Crippen MR) is 98.6 cm³/mol. The Labute approximate surface area is 154 Å². The minimum Gasteiger partial charge on any atom is -0.494 e. The number of hydrogen-bond donors (Lipinski definition) is 2. The maximum Gasteiger partial charge on any atom is 0.224 e. The van der Waals surface area contributed by atoms with E-state index in [1.807, 2.05) is 6.07 Å². The molecule has 0 saturated carbocycles. The van der Waals surface area contributed by atoms with Gasteiger partial charge in [-0.05, 0) is 23.3 Å². The van der Waals surface area contributed by atoms with Crippen molar-refractivity contribution in [1.29, 1.82) is 0 Å². The highest BCUT2D eigenvalue weighted by Crippen LogP contribution is 2.18. The van der Waals surface area contributed by atoms with Crippen LogP contribution in [0.1, 0.15) is 29.5 Å². The average molecular weight is 357 g/mol.